The van der Waals surface area contributed by atoms with Gasteiger partial charge in [-0.3, -0.25) is 4.79 Å². The van der Waals surface area contributed by atoms with Gasteiger partial charge in [-0.1, -0.05) is 15.9 Å². The summed E-state index contributed by atoms with van der Waals surface area (Å²) in [6.45, 7) is 0.473. The molecule has 1 aromatic carbocycles. The molecule has 21 heavy (non-hydrogen) atoms. The topological polar surface area (TPSA) is 76.1 Å². The number of amides is 1. The smallest absolute Gasteiger partial charge is 0.341 e. The Bertz CT molecular complexity index is 575. The first-order valence-electron chi connectivity index (χ1n) is 6.37. The molecule has 1 aromatic rings. The van der Waals surface area contributed by atoms with Crippen molar-refractivity contribution >= 4 is 33.5 Å². The number of aromatic carboxylic acids is 1. The third kappa shape index (κ3) is 2.97. The average molecular weight is 358 g/mol. The molecule has 0 radical (unpaired) electrons. The van der Waals surface area contributed by atoms with E-state index in [4.69, 9.17) is 9.47 Å². The number of rotatable bonds is 5. The van der Waals surface area contributed by atoms with Gasteiger partial charge in [0, 0.05) is 30.4 Å². The number of nitrogens with zero attached hydrogens (tertiary/aromatic N) is 1. The van der Waals surface area contributed by atoms with Crippen LogP contribution >= 0.6 is 15.9 Å². The lowest BCUT2D eigenvalue weighted by Gasteiger charge is -2.21. The second-order valence-electron chi connectivity index (χ2n) is 4.76. The van der Waals surface area contributed by atoms with Gasteiger partial charge < -0.3 is 19.5 Å². The fourth-order valence-electron chi connectivity index (χ4n) is 2.40. The lowest BCUT2D eigenvalue weighted by molar-refractivity contribution is -0.117. The lowest BCUT2D eigenvalue weighted by atomic mass is 10.1. The highest BCUT2D eigenvalue weighted by molar-refractivity contribution is 9.09. The minimum Gasteiger partial charge on any atom is -0.497 e. The van der Waals surface area contributed by atoms with Crippen molar-refractivity contribution in [1.29, 1.82) is 0 Å². The van der Waals surface area contributed by atoms with Crippen molar-refractivity contribution in [3.8, 4) is 11.5 Å². The summed E-state index contributed by atoms with van der Waals surface area (Å²) < 4.78 is 10.3. The maximum Gasteiger partial charge on any atom is 0.341 e. The Hall–Kier alpha value is -1.76. The Balaban J connectivity index is 2.55. The second-order valence-corrected chi connectivity index (χ2v) is 5.41. The highest BCUT2D eigenvalue weighted by atomic mass is 79.9. The van der Waals surface area contributed by atoms with Crippen LogP contribution in [0.3, 0.4) is 0 Å². The number of carboxylic acid groups (broad SMARTS) is 1. The molecule has 0 aromatic heterocycles. The summed E-state index contributed by atoms with van der Waals surface area (Å²) in [5.74, 6) is -0.456. The molecule has 1 amide bonds. The molecule has 114 valence electrons. The van der Waals surface area contributed by atoms with Gasteiger partial charge in [-0.2, -0.15) is 0 Å². The summed E-state index contributed by atoms with van der Waals surface area (Å²) in [5.41, 5.74) is 0.286. The molecule has 7 heteroatoms. The third-order valence-corrected chi connectivity index (χ3v) is 4.35. The van der Waals surface area contributed by atoms with Crippen LogP contribution in [0.15, 0.2) is 12.1 Å². The van der Waals surface area contributed by atoms with Gasteiger partial charge in [-0.05, 0) is 5.92 Å². The van der Waals surface area contributed by atoms with Gasteiger partial charge >= 0.3 is 5.97 Å². The van der Waals surface area contributed by atoms with Gasteiger partial charge in [0.05, 0.1) is 19.9 Å². The number of carbonyl (C=O) groups is 2. The summed E-state index contributed by atoms with van der Waals surface area (Å²) in [7, 11) is 2.87. The van der Waals surface area contributed by atoms with Gasteiger partial charge in [0.25, 0.3) is 0 Å². The number of carbonyl (C=O) groups excluding carboxylic acids is 1. The van der Waals surface area contributed by atoms with E-state index >= 15 is 0 Å². The molecule has 1 fully saturated rings. The average Bonchev–Trinajstić information content (AvgIpc) is 2.86. The number of alkyl halides is 1. The van der Waals surface area contributed by atoms with Gasteiger partial charge in [-0.25, -0.2) is 4.79 Å². The van der Waals surface area contributed by atoms with E-state index in [9.17, 15) is 14.7 Å². The predicted octanol–water partition coefficient (Wildman–Crippen LogP) is 2.15. The van der Waals surface area contributed by atoms with Crippen LogP contribution in [0.1, 0.15) is 16.8 Å². The van der Waals surface area contributed by atoms with Crippen molar-refractivity contribution in [2.45, 2.75) is 6.42 Å². The quantitative estimate of drug-likeness (QED) is 0.817. The molecule has 0 saturated carbocycles. The summed E-state index contributed by atoms with van der Waals surface area (Å²) in [4.78, 5) is 25.2. The minimum atomic E-state index is -1.14. The highest BCUT2D eigenvalue weighted by Crippen LogP contribution is 2.37. The maximum atomic E-state index is 12.1. The molecule has 1 heterocycles. The number of halogens is 1. The zero-order chi connectivity index (χ0) is 15.6. The Labute approximate surface area is 130 Å². The van der Waals surface area contributed by atoms with Gasteiger partial charge in [0.15, 0.2) is 0 Å². The van der Waals surface area contributed by atoms with E-state index < -0.39 is 5.97 Å². The van der Waals surface area contributed by atoms with E-state index in [2.05, 4.69) is 15.9 Å². The molecular weight excluding hydrogens is 342 g/mol. The summed E-state index contributed by atoms with van der Waals surface area (Å²) in [6, 6.07) is 3.05. The summed E-state index contributed by atoms with van der Waals surface area (Å²) >= 11 is 3.36. The van der Waals surface area contributed by atoms with Crippen molar-refractivity contribution in [2.24, 2.45) is 5.92 Å². The SMILES string of the molecule is COc1cc(OC)c(C(=O)O)c(N2CC(CBr)CC2=O)c1. The van der Waals surface area contributed by atoms with Gasteiger partial charge in [0.2, 0.25) is 5.91 Å². The normalized spacial score (nSPS) is 18.0. The van der Waals surface area contributed by atoms with Crippen molar-refractivity contribution in [1.82, 2.24) is 0 Å². The van der Waals surface area contributed by atoms with Crippen LogP contribution in [0, 0.1) is 5.92 Å². The number of anilines is 1. The first-order valence-corrected chi connectivity index (χ1v) is 7.49. The van der Waals surface area contributed by atoms with Crippen molar-refractivity contribution in [3.05, 3.63) is 17.7 Å². The minimum absolute atomic E-state index is 0.0260. The Morgan fingerprint density at radius 2 is 2.14 bits per heavy atom. The first-order chi connectivity index (χ1) is 10.0. The third-order valence-electron chi connectivity index (χ3n) is 3.44. The molecule has 1 N–H and O–H groups in total. The molecule has 0 spiro atoms. The van der Waals surface area contributed by atoms with E-state index in [-0.39, 0.29) is 23.1 Å². The number of hydrogen-bond donors (Lipinski definition) is 1. The lowest BCUT2D eigenvalue weighted by Crippen LogP contribution is -2.27. The molecule has 2 rings (SSSR count). The second kappa shape index (κ2) is 6.34. The Morgan fingerprint density at radius 1 is 1.43 bits per heavy atom. The number of ether oxygens (including phenoxy) is 2. The van der Waals surface area contributed by atoms with Gasteiger partial charge in [0.1, 0.15) is 17.1 Å². The zero-order valence-electron chi connectivity index (χ0n) is 11.8. The van der Waals surface area contributed by atoms with E-state index in [0.717, 1.165) is 0 Å². The summed E-state index contributed by atoms with van der Waals surface area (Å²) in [6.07, 6.45) is 0.393. The molecule has 0 bridgehead atoms. The first kappa shape index (κ1) is 15.6. The zero-order valence-corrected chi connectivity index (χ0v) is 13.3. The molecule has 6 nitrogen and oxygen atoms in total. The van der Waals surface area contributed by atoms with Crippen LogP contribution in [0.2, 0.25) is 0 Å². The Kier molecular flexibility index (Phi) is 4.72. The van der Waals surface area contributed by atoms with Crippen LogP contribution in [-0.4, -0.2) is 43.1 Å². The van der Waals surface area contributed by atoms with Crippen LogP contribution in [-0.2, 0) is 4.79 Å². The van der Waals surface area contributed by atoms with E-state index in [0.29, 0.717) is 29.7 Å². The fourth-order valence-corrected chi connectivity index (χ4v) is 2.83. The van der Waals surface area contributed by atoms with Crippen molar-refractivity contribution in [3.63, 3.8) is 0 Å². The molecule has 1 unspecified atom stereocenters. The van der Waals surface area contributed by atoms with Crippen LogP contribution in [0.25, 0.3) is 0 Å². The van der Waals surface area contributed by atoms with Crippen LogP contribution in [0.4, 0.5) is 5.69 Å². The molecule has 1 aliphatic rings. The largest absolute Gasteiger partial charge is 0.497 e. The fraction of sp³-hybridized carbons (Fsp3) is 0.429. The van der Waals surface area contributed by atoms with Crippen molar-refractivity contribution < 1.29 is 24.2 Å². The highest BCUT2D eigenvalue weighted by Gasteiger charge is 2.33. The van der Waals surface area contributed by atoms with Crippen LogP contribution < -0.4 is 14.4 Å². The van der Waals surface area contributed by atoms with Crippen LogP contribution in [0.5, 0.6) is 11.5 Å². The predicted molar refractivity (Wildman–Crippen MR) is 80.8 cm³/mol. The van der Waals surface area contributed by atoms with Gasteiger partial charge in [-0.15, -0.1) is 0 Å². The number of hydrogen-bond acceptors (Lipinski definition) is 4. The molecule has 1 aliphatic heterocycles. The monoisotopic (exact) mass is 357 g/mol. The summed E-state index contributed by atoms with van der Waals surface area (Å²) in [5, 5.41) is 10.1. The molecule has 1 saturated heterocycles. The molecule has 1 atom stereocenters. The van der Waals surface area contributed by atoms with E-state index in [1.807, 2.05) is 0 Å². The number of benzene rings is 1. The van der Waals surface area contributed by atoms with E-state index in [1.54, 1.807) is 6.07 Å². The number of methoxy groups -OCH3 is 2. The van der Waals surface area contributed by atoms with E-state index in [1.165, 1.54) is 25.2 Å². The standard InChI is InChI=1S/C14H16BrNO5/c1-20-9-4-10(13(14(18)19)11(5-9)21-2)16-7-8(6-15)3-12(16)17/h4-5,8H,3,6-7H2,1-2H3,(H,18,19). The molecule has 0 aliphatic carbocycles. The van der Waals surface area contributed by atoms with Crippen molar-refractivity contribution in [2.75, 3.05) is 31.0 Å². The molecular formula is C14H16BrNO5. The Morgan fingerprint density at radius 3 is 2.62 bits per heavy atom. The maximum absolute atomic E-state index is 12.1. The number of carboxylic acids is 1.